The third-order valence-corrected chi connectivity index (χ3v) is 4.70. The molecule has 0 aliphatic carbocycles. The molecule has 4 heteroatoms. The van der Waals surface area contributed by atoms with Crippen LogP contribution in [0.25, 0.3) is 22.5 Å². The van der Waals surface area contributed by atoms with Crippen molar-refractivity contribution in [1.29, 1.82) is 0 Å². The van der Waals surface area contributed by atoms with Gasteiger partial charge in [-0.2, -0.15) is 0 Å². The molecule has 1 saturated heterocycles. The molecule has 0 N–H and O–H groups in total. The van der Waals surface area contributed by atoms with E-state index >= 15 is 0 Å². The lowest BCUT2D eigenvalue weighted by Crippen LogP contribution is -2.19. The van der Waals surface area contributed by atoms with Gasteiger partial charge in [-0.1, -0.05) is 24.3 Å². The van der Waals surface area contributed by atoms with E-state index in [4.69, 9.17) is 4.98 Å². The lowest BCUT2D eigenvalue weighted by Gasteiger charge is -2.24. The van der Waals surface area contributed by atoms with Gasteiger partial charge in [0, 0.05) is 41.8 Å². The summed E-state index contributed by atoms with van der Waals surface area (Å²) in [4.78, 5) is 11.5. The van der Waals surface area contributed by atoms with Gasteiger partial charge in [-0.05, 0) is 44.0 Å². The number of benzene rings is 1. The van der Waals surface area contributed by atoms with Crippen molar-refractivity contribution in [2.75, 3.05) is 18.0 Å². The molecule has 0 amide bonds. The third kappa shape index (κ3) is 3.00. The average molecular weight is 333 g/mol. The molecule has 4 rings (SSSR count). The first kappa shape index (κ1) is 15.8. The molecule has 3 heterocycles. The topological polar surface area (TPSA) is 29.0 Å². The summed E-state index contributed by atoms with van der Waals surface area (Å²) in [6.45, 7) is 3.94. The summed E-state index contributed by atoms with van der Waals surface area (Å²) in [5, 5.41) is 0. The molecular formula is C21H20FN3. The maximum Gasteiger partial charge on any atom is 0.131 e. The van der Waals surface area contributed by atoms with E-state index in [1.54, 1.807) is 12.3 Å². The zero-order valence-corrected chi connectivity index (χ0v) is 14.2. The number of hydrogen-bond donors (Lipinski definition) is 0. The van der Waals surface area contributed by atoms with Gasteiger partial charge in [0.2, 0.25) is 0 Å². The van der Waals surface area contributed by atoms with Crippen LogP contribution in [-0.2, 0) is 0 Å². The molecule has 0 unspecified atom stereocenters. The van der Waals surface area contributed by atoms with E-state index < -0.39 is 0 Å². The highest BCUT2D eigenvalue weighted by Crippen LogP contribution is 2.38. The van der Waals surface area contributed by atoms with Crippen molar-refractivity contribution in [2.45, 2.75) is 19.8 Å². The predicted octanol–water partition coefficient (Wildman–Crippen LogP) is 4.86. The first-order valence-corrected chi connectivity index (χ1v) is 8.67. The predicted molar refractivity (Wildman–Crippen MR) is 99.0 cm³/mol. The smallest absolute Gasteiger partial charge is 0.131 e. The standard InChI is InChI=1S/C21H20FN3/c1-15-21(16-8-2-3-9-17(16)22)20(25-12-6-7-13-25)14-19(24-15)18-10-4-5-11-23-18/h2-5,8-11,14H,6-7,12-13H2,1H3. The molecular weight excluding hydrogens is 313 g/mol. The van der Waals surface area contributed by atoms with Crippen molar-refractivity contribution in [2.24, 2.45) is 0 Å². The molecule has 3 nitrogen and oxygen atoms in total. The fourth-order valence-electron chi connectivity index (χ4n) is 3.51. The van der Waals surface area contributed by atoms with Gasteiger partial charge in [-0.15, -0.1) is 0 Å². The molecule has 25 heavy (non-hydrogen) atoms. The van der Waals surface area contributed by atoms with E-state index in [0.717, 1.165) is 54.3 Å². The highest BCUT2D eigenvalue weighted by molar-refractivity contribution is 5.83. The Morgan fingerprint density at radius 3 is 2.44 bits per heavy atom. The van der Waals surface area contributed by atoms with Crippen molar-refractivity contribution in [3.8, 4) is 22.5 Å². The van der Waals surface area contributed by atoms with Crippen LogP contribution in [0.15, 0.2) is 54.7 Å². The normalized spacial score (nSPS) is 14.1. The highest BCUT2D eigenvalue weighted by atomic mass is 19.1. The number of halogens is 1. The zero-order valence-electron chi connectivity index (χ0n) is 14.2. The first-order chi connectivity index (χ1) is 12.2. The lowest BCUT2D eigenvalue weighted by molar-refractivity contribution is 0.631. The molecule has 0 atom stereocenters. The van der Waals surface area contributed by atoms with Crippen molar-refractivity contribution in [1.82, 2.24) is 9.97 Å². The number of aromatic nitrogens is 2. The van der Waals surface area contributed by atoms with Gasteiger partial charge in [0.1, 0.15) is 5.82 Å². The van der Waals surface area contributed by atoms with E-state index in [2.05, 4.69) is 16.0 Å². The maximum absolute atomic E-state index is 14.5. The van der Waals surface area contributed by atoms with Gasteiger partial charge < -0.3 is 4.90 Å². The molecule has 0 bridgehead atoms. The lowest BCUT2D eigenvalue weighted by atomic mass is 9.99. The Bertz CT molecular complexity index is 887. The summed E-state index contributed by atoms with van der Waals surface area (Å²) in [5.74, 6) is -0.210. The van der Waals surface area contributed by atoms with E-state index in [9.17, 15) is 4.39 Å². The van der Waals surface area contributed by atoms with Gasteiger partial charge in [0.15, 0.2) is 0 Å². The molecule has 1 aliphatic rings. The molecule has 2 aromatic heterocycles. The number of hydrogen-bond acceptors (Lipinski definition) is 3. The van der Waals surface area contributed by atoms with Crippen LogP contribution in [0.5, 0.6) is 0 Å². The molecule has 0 spiro atoms. The quantitative estimate of drug-likeness (QED) is 0.685. The van der Waals surface area contributed by atoms with Crippen LogP contribution in [0, 0.1) is 12.7 Å². The Balaban J connectivity index is 1.93. The molecule has 0 saturated carbocycles. The minimum absolute atomic E-state index is 0.210. The summed E-state index contributed by atoms with van der Waals surface area (Å²) < 4.78 is 14.5. The Morgan fingerprint density at radius 2 is 1.72 bits per heavy atom. The van der Waals surface area contributed by atoms with Crippen molar-refractivity contribution in [3.05, 3.63) is 66.2 Å². The summed E-state index contributed by atoms with van der Waals surface area (Å²) in [6, 6.07) is 14.8. The molecule has 0 radical (unpaired) electrons. The Kier molecular flexibility index (Phi) is 4.18. The van der Waals surface area contributed by atoms with Crippen molar-refractivity contribution in [3.63, 3.8) is 0 Å². The zero-order chi connectivity index (χ0) is 17.2. The molecule has 1 fully saturated rings. The number of nitrogens with zero attached hydrogens (tertiary/aromatic N) is 3. The largest absolute Gasteiger partial charge is 0.371 e. The number of rotatable bonds is 3. The van der Waals surface area contributed by atoms with Gasteiger partial charge in [-0.25, -0.2) is 4.39 Å². The van der Waals surface area contributed by atoms with Crippen molar-refractivity contribution >= 4 is 5.69 Å². The summed E-state index contributed by atoms with van der Waals surface area (Å²) in [6.07, 6.45) is 4.10. The van der Waals surface area contributed by atoms with Crippen LogP contribution in [0.3, 0.4) is 0 Å². The monoisotopic (exact) mass is 333 g/mol. The van der Waals surface area contributed by atoms with Gasteiger partial charge in [0.25, 0.3) is 0 Å². The average Bonchev–Trinajstić information content (AvgIpc) is 3.17. The molecule has 1 aliphatic heterocycles. The Labute approximate surface area is 147 Å². The fourth-order valence-corrected chi connectivity index (χ4v) is 3.51. The van der Waals surface area contributed by atoms with Crippen LogP contribution >= 0.6 is 0 Å². The van der Waals surface area contributed by atoms with Crippen LogP contribution < -0.4 is 4.90 Å². The van der Waals surface area contributed by atoms with Gasteiger partial charge >= 0.3 is 0 Å². The SMILES string of the molecule is Cc1nc(-c2ccccn2)cc(N2CCCC2)c1-c1ccccc1F. The van der Waals surface area contributed by atoms with Crippen molar-refractivity contribution < 1.29 is 4.39 Å². The van der Waals surface area contributed by atoms with Crippen LogP contribution in [-0.4, -0.2) is 23.1 Å². The molecule has 3 aromatic rings. The highest BCUT2D eigenvalue weighted by Gasteiger charge is 2.22. The van der Waals surface area contributed by atoms with Crippen LogP contribution in [0.1, 0.15) is 18.5 Å². The number of pyridine rings is 2. The summed E-state index contributed by atoms with van der Waals surface area (Å²) in [5.41, 5.74) is 5.05. The van der Waals surface area contributed by atoms with Gasteiger partial charge in [0.05, 0.1) is 11.4 Å². The van der Waals surface area contributed by atoms with Gasteiger partial charge in [-0.3, -0.25) is 9.97 Å². The minimum Gasteiger partial charge on any atom is -0.371 e. The number of anilines is 1. The summed E-state index contributed by atoms with van der Waals surface area (Å²) in [7, 11) is 0. The van der Waals surface area contributed by atoms with E-state index in [-0.39, 0.29) is 5.82 Å². The summed E-state index contributed by atoms with van der Waals surface area (Å²) >= 11 is 0. The van der Waals surface area contributed by atoms with E-state index in [1.807, 2.05) is 37.3 Å². The van der Waals surface area contributed by atoms with Crippen LogP contribution in [0.4, 0.5) is 10.1 Å². The third-order valence-electron chi connectivity index (χ3n) is 4.70. The Hall–Kier alpha value is -2.75. The fraction of sp³-hybridized carbons (Fsp3) is 0.238. The van der Waals surface area contributed by atoms with E-state index in [0.29, 0.717) is 5.56 Å². The second kappa shape index (κ2) is 6.63. The Morgan fingerprint density at radius 1 is 0.960 bits per heavy atom. The minimum atomic E-state index is -0.210. The second-order valence-corrected chi connectivity index (χ2v) is 6.38. The van der Waals surface area contributed by atoms with Crippen LogP contribution in [0.2, 0.25) is 0 Å². The van der Waals surface area contributed by atoms with E-state index in [1.165, 1.54) is 6.07 Å². The molecule has 126 valence electrons. The number of aryl methyl sites for hydroxylation is 1. The first-order valence-electron chi connectivity index (χ1n) is 8.67. The second-order valence-electron chi connectivity index (χ2n) is 6.38. The molecule has 1 aromatic carbocycles. The maximum atomic E-state index is 14.5.